The van der Waals surface area contributed by atoms with Crippen LogP contribution in [0.5, 0.6) is 0 Å². The van der Waals surface area contributed by atoms with E-state index in [-0.39, 0.29) is 11.6 Å². The first kappa shape index (κ1) is 14.4. The molecule has 1 aliphatic rings. The number of esters is 1. The second-order valence-electron chi connectivity index (χ2n) is 5.14. The fourth-order valence-corrected chi connectivity index (χ4v) is 1.66. The summed E-state index contributed by atoms with van der Waals surface area (Å²) in [7, 11) is 1.38. The molecule has 1 saturated heterocycles. The molecule has 0 saturated carbocycles. The van der Waals surface area contributed by atoms with E-state index in [0.29, 0.717) is 19.8 Å². The molecular weight excluding hydrogens is 222 g/mol. The number of morpholine rings is 1. The summed E-state index contributed by atoms with van der Waals surface area (Å²) in [6, 6.07) is 0. The number of hydrogen-bond acceptors (Lipinski definition) is 5. The van der Waals surface area contributed by atoms with Crippen LogP contribution < -0.4 is 0 Å². The Bertz CT molecular complexity index is 249. The van der Waals surface area contributed by atoms with E-state index in [2.05, 4.69) is 9.64 Å². The van der Waals surface area contributed by atoms with Crippen LogP contribution in [0.4, 0.5) is 0 Å². The highest BCUT2D eigenvalue weighted by molar-refractivity contribution is 5.74. The van der Waals surface area contributed by atoms with Crippen molar-refractivity contribution in [2.45, 2.75) is 32.5 Å². The maximum Gasteiger partial charge on any atom is 0.336 e. The molecule has 100 valence electrons. The Hall–Kier alpha value is -0.650. The van der Waals surface area contributed by atoms with Crippen LogP contribution in [0, 0.1) is 0 Å². The van der Waals surface area contributed by atoms with Crippen LogP contribution in [0.25, 0.3) is 0 Å². The zero-order chi connectivity index (χ0) is 12.9. The van der Waals surface area contributed by atoms with Crippen LogP contribution in [0.1, 0.15) is 20.8 Å². The molecule has 17 heavy (non-hydrogen) atoms. The van der Waals surface area contributed by atoms with Gasteiger partial charge in [0, 0.05) is 19.6 Å². The first-order chi connectivity index (χ1) is 7.92. The minimum absolute atomic E-state index is 0.117. The van der Waals surface area contributed by atoms with Crippen molar-refractivity contribution in [3.63, 3.8) is 0 Å². The van der Waals surface area contributed by atoms with Gasteiger partial charge in [0.2, 0.25) is 0 Å². The molecule has 0 aromatic carbocycles. The van der Waals surface area contributed by atoms with E-state index >= 15 is 0 Å². The summed E-state index contributed by atoms with van der Waals surface area (Å²) < 4.78 is 15.7. The Morgan fingerprint density at radius 2 is 2.18 bits per heavy atom. The molecule has 1 atom stereocenters. The van der Waals surface area contributed by atoms with E-state index in [0.717, 1.165) is 13.1 Å². The van der Waals surface area contributed by atoms with Gasteiger partial charge in [-0.25, -0.2) is 4.79 Å². The van der Waals surface area contributed by atoms with Gasteiger partial charge in [-0.15, -0.1) is 0 Å². The van der Waals surface area contributed by atoms with Crippen molar-refractivity contribution in [3.8, 4) is 0 Å². The van der Waals surface area contributed by atoms with Crippen molar-refractivity contribution < 1.29 is 19.0 Å². The molecule has 0 spiro atoms. The predicted molar refractivity (Wildman–Crippen MR) is 63.9 cm³/mol. The second kappa shape index (κ2) is 6.33. The third kappa shape index (κ3) is 5.48. The lowest BCUT2D eigenvalue weighted by molar-refractivity contribution is -0.160. The van der Waals surface area contributed by atoms with Crippen LogP contribution in [-0.2, 0) is 19.0 Å². The molecule has 1 heterocycles. The summed E-state index contributed by atoms with van der Waals surface area (Å²) in [6.07, 6.45) is -0.455. The highest BCUT2D eigenvalue weighted by Gasteiger charge is 2.27. The molecule has 0 N–H and O–H groups in total. The summed E-state index contributed by atoms with van der Waals surface area (Å²) in [5.41, 5.74) is -0.117. The summed E-state index contributed by atoms with van der Waals surface area (Å²) in [4.78, 5) is 13.5. The van der Waals surface area contributed by atoms with Gasteiger partial charge in [0.1, 0.15) is 0 Å². The number of rotatable bonds is 4. The molecule has 0 aliphatic carbocycles. The second-order valence-corrected chi connectivity index (χ2v) is 5.14. The quantitative estimate of drug-likeness (QED) is 0.681. The number of methoxy groups -OCH3 is 1. The van der Waals surface area contributed by atoms with E-state index in [1.165, 1.54) is 7.11 Å². The summed E-state index contributed by atoms with van der Waals surface area (Å²) >= 11 is 0. The van der Waals surface area contributed by atoms with Crippen molar-refractivity contribution in [1.82, 2.24) is 4.90 Å². The summed E-state index contributed by atoms with van der Waals surface area (Å²) in [5.74, 6) is -0.300. The van der Waals surface area contributed by atoms with Crippen LogP contribution in [-0.4, -0.2) is 62.5 Å². The number of ether oxygens (including phenoxy) is 3. The molecule has 0 bridgehead atoms. The largest absolute Gasteiger partial charge is 0.467 e. The van der Waals surface area contributed by atoms with Crippen LogP contribution in [0.3, 0.4) is 0 Å². The lowest BCUT2D eigenvalue weighted by Gasteiger charge is -2.32. The van der Waals surface area contributed by atoms with Crippen molar-refractivity contribution in [2.75, 3.05) is 40.0 Å². The fraction of sp³-hybridized carbons (Fsp3) is 0.917. The highest BCUT2D eigenvalue weighted by Crippen LogP contribution is 2.09. The highest BCUT2D eigenvalue weighted by atomic mass is 16.6. The molecule has 0 aromatic rings. The molecule has 1 rings (SSSR count). The molecule has 1 unspecified atom stereocenters. The molecule has 1 fully saturated rings. The van der Waals surface area contributed by atoms with Gasteiger partial charge in [-0.1, -0.05) is 0 Å². The van der Waals surface area contributed by atoms with E-state index in [1.807, 2.05) is 20.8 Å². The van der Waals surface area contributed by atoms with Gasteiger partial charge in [0.05, 0.1) is 25.9 Å². The molecular formula is C12H23NO4. The molecule has 0 aromatic heterocycles. The van der Waals surface area contributed by atoms with Gasteiger partial charge in [-0.2, -0.15) is 0 Å². The summed E-state index contributed by atoms with van der Waals surface area (Å²) in [6.45, 7) is 9.55. The average Bonchev–Trinajstić information content (AvgIpc) is 2.27. The number of carbonyl (C=O) groups excluding carboxylic acids is 1. The first-order valence-electron chi connectivity index (χ1n) is 5.98. The Morgan fingerprint density at radius 3 is 2.76 bits per heavy atom. The lowest BCUT2D eigenvalue weighted by atomic mass is 10.2. The molecule has 1 aliphatic heterocycles. The van der Waals surface area contributed by atoms with E-state index in [1.54, 1.807) is 0 Å². The number of hydrogen-bond donors (Lipinski definition) is 0. The monoisotopic (exact) mass is 245 g/mol. The van der Waals surface area contributed by atoms with Crippen LogP contribution >= 0.6 is 0 Å². The standard InChI is InChI=1S/C12H23NO4/c1-12(2,3)17-8-6-13-5-7-16-10(9-13)11(14)15-4/h10H,5-9H2,1-4H3. The van der Waals surface area contributed by atoms with Gasteiger partial charge >= 0.3 is 5.97 Å². The lowest BCUT2D eigenvalue weighted by Crippen LogP contribution is -2.47. The fourth-order valence-electron chi connectivity index (χ4n) is 1.66. The van der Waals surface area contributed by atoms with Gasteiger partial charge in [-0.05, 0) is 20.8 Å². The predicted octanol–water partition coefficient (Wildman–Crippen LogP) is 0.675. The molecule has 0 amide bonds. The van der Waals surface area contributed by atoms with E-state index in [9.17, 15) is 4.79 Å². The number of carbonyl (C=O) groups is 1. The molecule has 0 radical (unpaired) electrons. The molecule has 5 nitrogen and oxygen atoms in total. The van der Waals surface area contributed by atoms with Crippen molar-refractivity contribution in [1.29, 1.82) is 0 Å². The number of nitrogens with zero attached hydrogens (tertiary/aromatic N) is 1. The van der Waals surface area contributed by atoms with Gasteiger partial charge in [-0.3, -0.25) is 4.90 Å². The third-order valence-corrected chi connectivity index (χ3v) is 2.56. The maximum atomic E-state index is 11.3. The zero-order valence-electron chi connectivity index (χ0n) is 11.2. The minimum Gasteiger partial charge on any atom is -0.467 e. The smallest absolute Gasteiger partial charge is 0.336 e. The van der Waals surface area contributed by atoms with Crippen LogP contribution in [0.15, 0.2) is 0 Å². The Kier molecular flexibility index (Phi) is 5.36. The van der Waals surface area contributed by atoms with Crippen LogP contribution in [0.2, 0.25) is 0 Å². The Balaban J connectivity index is 2.28. The van der Waals surface area contributed by atoms with Crippen molar-refractivity contribution in [2.24, 2.45) is 0 Å². The van der Waals surface area contributed by atoms with Crippen molar-refractivity contribution in [3.05, 3.63) is 0 Å². The normalized spacial score (nSPS) is 22.5. The van der Waals surface area contributed by atoms with E-state index < -0.39 is 6.10 Å². The first-order valence-corrected chi connectivity index (χ1v) is 5.98. The Labute approximate surface area is 103 Å². The topological polar surface area (TPSA) is 48.0 Å². The van der Waals surface area contributed by atoms with Gasteiger partial charge in [0.15, 0.2) is 6.10 Å². The van der Waals surface area contributed by atoms with E-state index in [4.69, 9.17) is 9.47 Å². The van der Waals surface area contributed by atoms with Gasteiger partial charge in [0.25, 0.3) is 0 Å². The molecule has 5 heteroatoms. The Morgan fingerprint density at radius 1 is 1.47 bits per heavy atom. The summed E-state index contributed by atoms with van der Waals surface area (Å²) in [5, 5.41) is 0. The average molecular weight is 245 g/mol. The van der Waals surface area contributed by atoms with Crippen molar-refractivity contribution >= 4 is 5.97 Å². The van der Waals surface area contributed by atoms with Gasteiger partial charge < -0.3 is 14.2 Å². The SMILES string of the molecule is COC(=O)C1CN(CCOC(C)(C)C)CCO1. The minimum atomic E-state index is -0.455. The zero-order valence-corrected chi connectivity index (χ0v) is 11.2. The third-order valence-electron chi connectivity index (χ3n) is 2.56. The maximum absolute atomic E-state index is 11.3.